The number of halogens is 5. The Hall–Kier alpha value is -3.05. The highest BCUT2D eigenvalue weighted by Gasteiger charge is 2.38. The molecule has 0 fully saturated rings. The van der Waals surface area contributed by atoms with Crippen molar-refractivity contribution in [1.82, 2.24) is 5.09 Å². The van der Waals surface area contributed by atoms with Crippen molar-refractivity contribution >= 4 is 13.7 Å². The molecule has 0 radical (unpaired) electrons. The van der Waals surface area contributed by atoms with Gasteiger partial charge in [-0.15, -0.1) is 0 Å². The van der Waals surface area contributed by atoms with Gasteiger partial charge in [0.1, 0.15) is 11.8 Å². The summed E-state index contributed by atoms with van der Waals surface area (Å²) in [4.78, 5) is 12.1. The van der Waals surface area contributed by atoms with Gasteiger partial charge < -0.3 is 23.3 Å². The van der Waals surface area contributed by atoms with Crippen molar-refractivity contribution in [3.05, 3.63) is 47.3 Å². The van der Waals surface area contributed by atoms with Gasteiger partial charge >= 0.3 is 13.7 Å². The molecule has 0 amide bonds. The quantitative estimate of drug-likeness (QED) is 0.186. The zero-order valence-corrected chi connectivity index (χ0v) is 18.2. The van der Waals surface area contributed by atoms with E-state index in [1.807, 2.05) is 0 Å². The summed E-state index contributed by atoms with van der Waals surface area (Å²) in [5.74, 6) is -14.5. The summed E-state index contributed by atoms with van der Waals surface area (Å²) < 4.78 is 107. The van der Waals surface area contributed by atoms with Crippen LogP contribution in [0.3, 0.4) is 0 Å². The molecule has 2 aromatic rings. The SMILES string of the molecule is CC(C)OC(=O)C(C)NP(=O)(Oc1ccc2c(c1)OCO2)Oc1c(F)c(F)c(F)c(F)c1F. The molecule has 1 aliphatic rings. The zero-order chi connectivity index (χ0) is 24.5. The molecule has 1 aliphatic heterocycles. The number of hydrogen-bond acceptors (Lipinski definition) is 7. The summed E-state index contributed by atoms with van der Waals surface area (Å²) in [6.07, 6.45) is -0.577. The van der Waals surface area contributed by atoms with E-state index in [2.05, 4.69) is 9.61 Å². The molecule has 33 heavy (non-hydrogen) atoms. The fraction of sp³-hybridized carbons (Fsp3) is 0.316. The van der Waals surface area contributed by atoms with Crippen molar-refractivity contribution in [2.24, 2.45) is 0 Å². The molecule has 1 N–H and O–H groups in total. The predicted molar refractivity (Wildman–Crippen MR) is 101 cm³/mol. The average molecular weight is 497 g/mol. The molecule has 2 atom stereocenters. The lowest BCUT2D eigenvalue weighted by molar-refractivity contribution is -0.149. The van der Waals surface area contributed by atoms with E-state index in [0.29, 0.717) is 5.75 Å². The number of nitrogens with one attached hydrogen (secondary N) is 1. The molecule has 0 aliphatic carbocycles. The van der Waals surface area contributed by atoms with E-state index in [1.165, 1.54) is 32.0 Å². The summed E-state index contributed by atoms with van der Waals surface area (Å²) in [5, 5.41) is 2.06. The lowest BCUT2D eigenvalue weighted by Crippen LogP contribution is -2.37. The summed E-state index contributed by atoms with van der Waals surface area (Å²) in [6, 6.07) is 2.28. The highest BCUT2D eigenvalue weighted by atomic mass is 31.2. The van der Waals surface area contributed by atoms with Crippen molar-refractivity contribution < 1.29 is 54.6 Å². The highest BCUT2D eigenvalue weighted by Crippen LogP contribution is 2.49. The zero-order valence-electron chi connectivity index (χ0n) is 17.3. The number of ether oxygens (including phenoxy) is 3. The average Bonchev–Trinajstić information content (AvgIpc) is 3.21. The molecule has 0 aromatic heterocycles. The Balaban J connectivity index is 1.98. The van der Waals surface area contributed by atoms with Crippen molar-refractivity contribution in [1.29, 1.82) is 0 Å². The molecule has 0 saturated carbocycles. The number of esters is 1. The summed E-state index contributed by atoms with van der Waals surface area (Å²) >= 11 is 0. The second kappa shape index (κ2) is 9.44. The summed E-state index contributed by atoms with van der Waals surface area (Å²) in [5.41, 5.74) is 0. The first-order chi connectivity index (χ1) is 15.4. The molecular formula is C19H17F5NO7P. The Morgan fingerprint density at radius 1 is 0.939 bits per heavy atom. The second-order valence-electron chi connectivity index (χ2n) is 6.93. The smallest absolute Gasteiger partial charge is 0.462 e. The molecule has 0 bridgehead atoms. The number of carbonyl (C=O) groups excluding carboxylic acids is 1. The Morgan fingerprint density at radius 3 is 2.12 bits per heavy atom. The first-order valence-electron chi connectivity index (χ1n) is 9.30. The molecule has 8 nitrogen and oxygen atoms in total. The van der Waals surface area contributed by atoms with E-state index in [0.717, 1.165) is 6.92 Å². The Morgan fingerprint density at radius 2 is 1.52 bits per heavy atom. The van der Waals surface area contributed by atoms with Gasteiger partial charge in [-0.25, -0.2) is 17.7 Å². The summed E-state index contributed by atoms with van der Waals surface area (Å²) in [6.45, 7) is 4.09. The first-order valence-corrected chi connectivity index (χ1v) is 10.8. The number of fused-ring (bicyclic) bond motifs is 1. The van der Waals surface area contributed by atoms with Crippen molar-refractivity contribution in [2.75, 3.05) is 6.79 Å². The maximum Gasteiger partial charge on any atom is 0.513 e. The molecule has 1 heterocycles. The number of hydrogen-bond donors (Lipinski definition) is 1. The van der Waals surface area contributed by atoms with E-state index in [1.54, 1.807) is 0 Å². The molecular weight excluding hydrogens is 480 g/mol. The van der Waals surface area contributed by atoms with Gasteiger partial charge in [-0.2, -0.15) is 13.9 Å². The Bertz CT molecular complexity index is 1100. The third-order valence-corrected chi connectivity index (χ3v) is 5.59. The van der Waals surface area contributed by atoms with Gasteiger partial charge in [-0.3, -0.25) is 4.79 Å². The van der Waals surface area contributed by atoms with Crippen LogP contribution >= 0.6 is 7.75 Å². The van der Waals surface area contributed by atoms with Crippen LogP contribution in [0, 0.1) is 29.1 Å². The predicted octanol–water partition coefficient (Wildman–Crippen LogP) is 4.61. The van der Waals surface area contributed by atoms with E-state index >= 15 is 0 Å². The first kappa shape index (κ1) is 24.6. The normalized spacial score (nSPS) is 15.2. The maximum atomic E-state index is 14.1. The molecule has 2 unspecified atom stereocenters. The van der Waals surface area contributed by atoms with Crippen LogP contribution in [0.1, 0.15) is 20.8 Å². The van der Waals surface area contributed by atoms with E-state index in [-0.39, 0.29) is 18.3 Å². The lowest BCUT2D eigenvalue weighted by atomic mass is 10.3. The van der Waals surface area contributed by atoms with E-state index in [4.69, 9.17) is 18.7 Å². The largest absolute Gasteiger partial charge is 0.513 e. The highest BCUT2D eigenvalue weighted by molar-refractivity contribution is 7.52. The number of carbonyl (C=O) groups is 1. The summed E-state index contributed by atoms with van der Waals surface area (Å²) in [7, 11) is -5.03. The van der Waals surface area contributed by atoms with Gasteiger partial charge in [0.05, 0.1) is 6.10 Å². The van der Waals surface area contributed by atoms with Crippen LogP contribution in [0.25, 0.3) is 0 Å². The molecule has 180 valence electrons. The monoisotopic (exact) mass is 497 g/mol. The van der Waals surface area contributed by atoms with Crippen LogP contribution in [-0.2, 0) is 14.1 Å². The van der Waals surface area contributed by atoms with Crippen LogP contribution in [-0.4, -0.2) is 24.9 Å². The molecule has 2 aromatic carbocycles. The Kier molecular flexibility index (Phi) is 7.03. The topological polar surface area (TPSA) is 92.3 Å². The fourth-order valence-corrected chi connectivity index (χ4v) is 4.07. The molecule has 0 spiro atoms. The van der Waals surface area contributed by atoms with Crippen LogP contribution in [0.15, 0.2) is 18.2 Å². The lowest BCUT2D eigenvalue weighted by Gasteiger charge is -2.24. The minimum Gasteiger partial charge on any atom is -0.462 e. The van der Waals surface area contributed by atoms with Crippen molar-refractivity contribution in [3.63, 3.8) is 0 Å². The third-order valence-electron chi connectivity index (χ3n) is 4.01. The van der Waals surface area contributed by atoms with Gasteiger partial charge in [0, 0.05) is 6.07 Å². The van der Waals surface area contributed by atoms with Crippen LogP contribution in [0.5, 0.6) is 23.0 Å². The van der Waals surface area contributed by atoms with E-state index < -0.39 is 60.7 Å². The molecule has 14 heteroatoms. The van der Waals surface area contributed by atoms with Gasteiger partial charge in [0.2, 0.25) is 41.6 Å². The van der Waals surface area contributed by atoms with Crippen molar-refractivity contribution in [3.8, 4) is 23.0 Å². The van der Waals surface area contributed by atoms with Gasteiger partial charge in [-0.1, -0.05) is 0 Å². The van der Waals surface area contributed by atoms with Gasteiger partial charge in [-0.05, 0) is 32.9 Å². The van der Waals surface area contributed by atoms with Gasteiger partial charge in [0.25, 0.3) is 0 Å². The third kappa shape index (κ3) is 5.31. The van der Waals surface area contributed by atoms with Crippen LogP contribution < -0.4 is 23.6 Å². The molecule has 0 saturated heterocycles. The maximum absolute atomic E-state index is 14.1. The second-order valence-corrected chi connectivity index (χ2v) is 8.55. The minimum absolute atomic E-state index is 0.117. The number of rotatable bonds is 8. The Labute approximate surface area is 184 Å². The van der Waals surface area contributed by atoms with Gasteiger partial charge in [0.15, 0.2) is 11.5 Å². The fourth-order valence-electron chi connectivity index (χ4n) is 2.55. The number of benzene rings is 2. The van der Waals surface area contributed by atoms with E-state index in [9.17, 15) is 31.3 Å². The van der Waals surface area contributed by atoms with Crippen molar-refractivity contribution in [2.45, 2.75) is 32.9 Å². The molecule has 3 rings (SSSR count). The van der Waals surface area contributed by atoms with Crippen LogP contribution in [0.4, 0.5) is 22.0 Å². The van der Waals surface area contributed by atoms with Crippen LogP contribution in [0.2, 0.25) is 0 Å². The standard InChI is InChI=1S/C19H17F5NO7P/c1-8(2)30-19(26)9(3)25-33(27,31-10-4-5-11-12(6-10)29-7-28-11)32-18-16(23)14(21)13(20)15(22)17(18)24/h4-6,8-9H,7H2,1-3H3,(H,25,27). The minimum atomic E-state index is -5.03.